The number of rotatable bonds is 10. The lowest BCUT2D eigenvalue weighted by Crippen LogP contribution is -2.43. The van der Waals surface area contributed by atoms with Crippen molar-refractivity contribution in [3.05, 3.63) is 40.9 Å². The SMILES string of the molecule is COc1ccccc1-n1cc([C@@H](OC(C)=O)[C@H](OC(C)=O)[C@@H](COC(C)=O)OC(C)=O)[nH]c1=S. The van der Waals surface area contributed by atoms with Gasteiger partial charge in [0.25, 0.3) is 0 Å². The van der Waals surface area contributed by atoms with E-state index in [9.17, 15) is 19.2 Å². The molecule has 0 spiro atoms. The third-order valence-electron chi connectivity index (χ3n) is 4.42. The Bertz CT molecular complexity index is 1110. The van der Waals surface area contributed by atoms with Crippen LogP contribution in [0.2, 0.25) is 0 Å². The fraction of sp³-hybridized carbons (Fsp3) is 0.409. The van der Waals surface area contributed by atoms with Crippen molar-refractivity contribution in [3.8, 4) is 11.4 Å². The van der Waals surface area contributed by atoms with Gasteiger partial charge in [-0.2, -0.15) is 0 Å². The molecular weight excluding hydrogens is 468 g/mol. The minimum Gasteiger partial charge on any atom is -0.495 e. The van der Waals surface area contributed by atoms with E-state index >= 15 is 0 Å². The number of imidazole rings is 1. The molecule has 1 aromatic carbocycles. The molecule has 0 bridgehead atoms. The molecule has 12 heteroatoms. The number of H-pyrrole nitrogens is 1. The van der Waals surface area contributed by atoms with E-state index in [0.29, 0.717) is 11.4 Å². The first-order valence-electron chi connectivity index (χ1n) is 10.1. The molecule has 1 heterocycles. The number of ether oxygens (including phenoxy) is 5. The van der Waals surface area contributed by atoms with Crippen molar-refractivity contribution in [1.82, 2.24) is 9.55 Å². The van der Waals surface area contributed by atoms with Crippen molar-refractivity contribution < 1.29 is 42.9 Å². The Kier molecular flexibility index (Phi) is 9.36. The fourth-order valence-corrected chi connectivity index (χ4v) is 3.45. The van der Waals surface area contributed by atoms with E-state index in [1.807, 2.05) is 0 Å². The standard InChI is InChI=1S/C22H26N2O9S/c1-12(25)30-11-19(31-13(2)26)21(33-15(4)28)20(32-14(3)27)16-10-24(22(34)23-16)17-8-6-7-9-18(17)29-5/h6-10,19-21H,11H2,1-5H3,(H,23,34)/t19-,20-,21-/m1/s1. The number of nitrogens with zero attached hydrogens (tertiary/aromatic N) is 1. The second kappa shape index (κ2) is 12.0. The van der Waals surface area contributed by atoms with Crippen LogP contribution in [0.25, 0.3) is 5.69 Å². The molecule has 0 saturated heterocycles. The molecule has 0 aliphatic carbocycles. The predicted molar refractivity (Wildman–Crippen MR) is 120 cm³/mol. The predicted octanol–water partition coefficient (Wildman–Crippen LogP) is 2.57. The van der Waals surface area contributed by atoms with E-state index in [0.717, 1.165) is 20.8 Å². The van der Waals surface area contributed by atoms with Crippen LogP contribution in [0.15, 0.2) is 30.5 Å². The number of para-hydroxylation sites is 2. The van der Waals surface area contributed by atoms with Gasteiger partial charge in [-0.25, -0.2) is 0 Å². The number of methoxy groups -OCH3 is 1. The Labute approximate surface area is 200 Å². The van der Waals surface area contributed by atoms with Crippen LogP contribution in [0.3, 0.4) is 0 Å². The molecular formula is C22H26N2O9S. The minimum absolute atomic E-state index is 0.224. The summed E-state index contributed by atoms with van der Waals surface area (Å²) in [5, 5.41) is 0. The van der Waals surface area contributed by atoms with E-state index in [1.54, 1.807) is 35.0 Å². The number of benzene rings is 1. The zero-order chi connectivity index (χ0) is 25.4. The number of carbonyl (C=O) groups is 4. The van der Waals surface area contributed by atoms with Crippen LogP contribution in [0.5, 0.6) is 5.75 Å². The van der Waals surface area contributed by atoms with Crippen molar-refractivity contribution in [2.24, 2.45) is 0 Å². The van der Waals surface area contributed by atoms with Crippen LogP contribution >= 0.6 is 12.2 Å². The van der Waals surface area contributed by atoms with Crippen LogP contribution in [0.4, 0.5) is 0 Å². The minimum atomic E-state index is -1.37. The van der Waals surface area contributed by atoms with Gasteiger partial charge in [-0.15, -0.1) is 0 Å². The summed E-state index contributed by atoms with van der Waals surface area (Å²) in [5.74, 6) is -2.30. The molecule has 1 N–H and O–H groups in total. The molecule has 0 amide bonds. The fourth-order valence-electron chi connectivity index (χ4n) is 3.19. The van der Waals surface area contributed by atoms with Crippen molar-refractivity contribution in [2.75, 3.05) is 13.7 Å². The molecule has 0 aliphatic heterocycles. The highest BCUT2D eigenvalue weighted by Crippen LogP contribution is 2.30. The highest BCUT2D eigenvalue weighted by Gasteiger charge is 2.40. The maximum Gasteiger partial charge on any atom is 0.303 e. The Hall–Kier alpha value is -3.67. The Balaban J connectivity index is 2.60. The lowest BCUT2D eigenvalue weighted by Gasteiger charge is -2.31. The maximum absolute atomic E-state index is 12.0. The zero-order valence-corrected chi connectivity index (χ0v) is 20.2. The van der Waals surface area contributed by atoms with Gasteiger partial charge in [-0.05, 0) is 24.4 Å². The highest BCUT2D eigenvalue weighted by atomic mass is 32.1. The Morgan fingerprint density at radius 1 is 0.941 bits per heavy atom. The van der Waals surface area contributed by atoms with E-state index in [2.05, 4.69) is 4.98 Å². The largest absolute Gasteiger partial charge is 0.495 e. The normalized spacial score (nSPS) is 13.2. The summed E-state index contributed by atoms with van der Waals surface area (Å²) in [5.41, 5.74) is 0.830. The van der Waals surface area contributed by atoms with Crippen LogP contribution < -0.4 is 4.74 Å². The second-order valence-corrected chi connectivity index (χ2v) is 7.50. The van der Waals surface area contributed by atoms with Gasteiger partial charge in [0.2, 0.25) is 0 Å². The second-order valence-electron chi connectivity index (χ2n) is 7.11. The molecule has 0 fully saturated rings. The summed E-state index contributed by atoms with van der Waals surface area (Å²) in [4.78, 5) is 49.9. The van der Waals surface area contributed by atoms with E-state index in [4.69, 9.17) is 35.9 Å². The first-order chi connectivity index (χ1) is 16.0. The van der Waals surface area contributed by atoms with Gasteiger partial charge in [0.05, 0.1) is 18.5 Å². The number of hydrogen-bond acceptors (Lipinski definition) is 10. The molecule has 34 heavy (non-hydrogen) atoms. The van der Waals surface area contributed by atoms with E-state index in [-0.39, 0.29) is 10.5 Å². The van der Waals surface area contributed by atoms with Crippen LogP contribution in [-0.2, 0) is 38.1 Å². The molecule has 0 radical (unpaired) electrons. The molecule has 184 valence electrons. The summed E-state index contributed by atoms with van der Waals surface area (Å²) in [6, 6.07) is 7.08. The third-order valence-corrected chi connectivity index (χ3v) is 4.72. The van der Waals surface area contributed by atoms with Gasteiger partial charge in [-0.1, -0.05) is 12.1 Å². The Morgan fingerprint density at radius 2 is 1.56 bits per heavy atom. The number of hydrogen-bond donors (Lipinski definition) is 1. The molecule has 0 saturated carbocycles. The summed E-state index contributed by atoms with van der Waals surface area (Å²) < 4.78 is 28.3. The van der Waals surface area contributed by atoms with Crippen LogP contribution in [0, 0.1) is 4.77 Å². The highest BCUT2D eigenvalue weighted by molar-refractivity contribution is 7.71. The van der Waals surface area contributed by atoms with Gasteiger partial charge < -0.3 is 28.7 Å². The first-order valence-corrected chi connectivity index (χ1v) is 10.5. The summed E-state index contributed by atoms with van der Waals surface area (Å²) in [6.45, 7) is 4.16. The number of carbonyl (C=O) groups excluding carboxylic acids is 4. The number of nitrogens with one attached hydrogen (secondary N) is 1. The number of esters is 4. The molecule has 2 aromatic rings. The molecule has 1 aromatic heterocycles. The maximum atomic E-state index is 12.0. The van der Waals surface area contributed by atoms with Crippen molar-refractivity contribution in [2.45, 2.75) is 46.0 Å². The van der Waals surface area contributed by atoms with E-state index in [1.165, 1.54) is 14.0 Å². The summed E-state index contributed by atoms with van der Waals surface area (Å²) in [7, 11) is 1.51. The first kappa shape index (κ1) is 26.6. The van der Waals surface area contributed by atoms with Crippen molar-refractivity contribution >= 4 is 36.1 Å². The van der Waals surface area contributed by atoms with Gasteiger partial charge >= 0.3 is 23.9 Å². The van der Waals surface area contributed by atoms with Crippen molar-refractivity contribution in [3.63, 3.8) is 0 Å². The summed E-state index contributed by atoms with van der Waals surface area (Å²) >= 11 is 5.44. The number of aromatic nitrogens is 2. The van der Waals surface area contributed by atoms with Gasteiger partial charge in [0.15, 0.2) is 23.1 Å². The molecule has 3 atom stereocenters. The smallest absolute Gasteiger partial charge is 0.303 e. The van der Waals surface area contributed by atoms with Gasteiger partial charge in [0, 0.05) is 33.9 Å². The summed E-state index contributed by atoms with van der Waals surface area (Å²) in [6.07, 6.45) is -2.41. The average molecular weight is 495 g/mol. The van der Waals surface area contributed by atoms with Crippen LogP contribution in [-0.4, -0.2) is 59.4 Å². The van der Waals surface area contributed by atoms with Gasteiger partial charge in [0.1, 0.15) is 12.4 Å². The van der Waals surface area contributed by atoms with E-state index < -0.39 is 48.8 Å². The topological polar surface area (TPSA) is 135 Å². The zero-order valence-electron chi connectivity index (χ0n) is 19.4. The van der Waals surface area contributed by atoms with Crippen LogP contribution in [0.1, 0.15) is 39.5 Å². The number of aromatic amines is 1. The lowest BCUT2D eigenvalue weighted by atomic mass is 10.0. The van der Waals surface area contributed by atoms with Crippen molar-refractivity contribution in [1.29, 1.82) is 0 Å². The molecule has 0 unspecified atom stereocenters. The lowest BCUT2D eigenvalue weighted by molar-refractivity contribution is -0.190. The average Bonchev–Trinajstić information content (AvgIpc) is 3.14. The molecule has 0 aliphatic rings. The van der Waals surface area contributed by atoms with Gasteiger partial charge in [-0.3, -0.25) is 23.7 Å². The molecule has 2 rings (SSSR count). The quantitative estimate of drug-likeness (QED) is 0.298. The Morgan fingerprint density at radius 3 is 2.12 bits per heavy atom. The molecule has 11 nitrogen and oxygen atoms in total. The third kappa shape index (κ3) is 7.17. The monoisotopic (exact) mass is 494 g/mol.